The van der Waals surface area contributed by atoms with Gasteiger partial charge < -0.3 is 5.32 Å². The van der Waals surface area contributed by atoms with Gasteiger partial charge in [0.05, 0.1) is 22.7 Å². The number of hydrogen-bond acceptors (Lipinski definition) is 2. The molecule has 21 heavy (non-hydrogen) atoms. The summed E-state index contributed by atoms with van der Waals surface area (Å²) < 4.78 is 14.3. The number of nitrogens with zero attached hydrogens (tertiary/aromatic N) is 1. The van der Waals surface area contributed by atoms with Gasteiger partial charge in [0, 0.05) is 20.7 Å². The third-order valence-corrected chi connectivity index (χ3v) is 4.35. The number of nitriles is 1. The molecule has 0 heterocycles. The SMILES string of the molecule is CC(Nc1ccc(C#N)cc1Br)c1c(Cl)ccc(F)c1Cl. The van der Waals surface area contributed by atoms with E-state index in [9.17, 15) is 4.39 Å². The minimum Gasteiger partial charge on any atom is -0.377 e. The van der Waals surface area contributed by atoms with Crippen molar-refractivity contribution in [2.45, 2.75) is 13.0 Å². The molecule has 0 aliphatic rings. The topological polar surface area (TPSA) is 35.8 Å². The lowest BCUT2D eigenvalue weighted by atomic mass is 10.1. The van der Waals surface area contributed by atoms with E-state index in [-0.39, 0.29) is 11.1 Å². The number of anilines is 1. The minimum absolute atomic E-state index is 0.00673. The van der Waals surface area contributed by atoms with Crippen LogP contribution in [0, 0.1) is 17.1 Å². The Morgan fingerprint density at radius 1 is 1.29 bits per heavy atom. The number of hydrogen-bond donors (Lipinski definition) is 1. The van der Waals surface area contributed by atoms with Crippen LogP contribution in [0.2, 0.25) is 10.0 Å². The van der Waals surface area contributed by atoms with Gasteiger partial charge in [-0.15, -0.1) is 0 Å². The van der Waals surface area contributed by atoms with Crippen LogP contribution in [-0.2, 0) is 0 Å². The first kappa shape index (κ1) is 16.1. The zero-order chi connectivity index (χ0) is 15.6. The maximum absolute atomic E-state index is 13.6. The van der Waals surface area contributed by atoms with Crippen molar-refractivity contribution < 1.29 is 4.39 Å². The zero-order valence-corrected chi connectivity index (χ0v) is 14.0. The fraction of sp³-hybridized carbons (Fsp3) is 0.133. The van der Waals surface area contributed by atoms with E-state index in [4.69, 9.17) is 28.5 Å². The molecule has 0 saturated heterocycles. The first-order valence-electron chi connectivity index (χ1n) is 6.03. The second kappa shape index (κ2) is 6.65. The fourth-order valence-corrected chi connectivity index (χ4v) is 3.14. The highest BCUT2D eigenvalue weighted by Crippen LogP contribution is 2.35. The zero-order valence-electron chi connectivity index (χ0n) is 10.9. The molecule has 2 aromatic rings. The van der Waals surface area contributed by atoms with E-state index in [1.54, 1.807) is 18.2 Å². The molecule has 1 N–H and O–H groups in total. The van der Waals surface area contributed by atoms with Gasteiger partial charge >= 0.3 is 0 Å². The molecular formula is C15H10BrCl2FN2. The fourth-order valence-electron chi connectivity index (χ4n) is 1.95. The van der Waals surface area contributed by atoms with Crippen LogP contribution in [-0.4, -0.2) is 0 Å². The Balaban J connectivity index is 2.33. The van der Waals surface area contributed by atoms with Crippen LogP contribution in [0.1, 0.15) is 24.1 Å². The molecule has 1 atom stereocenters. The molecular weight excluding hydrogens is 378 g/mol. The van der Waals surface area contributed by atoms with Crippen LogP contribution in [0.3, 0.4) is 0 Å². The van der Waals surface area contributed by atoms with Crippen LogP contribution < -0.4 is 5.32 Å². The molecule has 0 saturated carbocycles. The maximum atomic E-state index is 13.6. The molecule has 108 valence electrons. The molecule has 0 radical (unpaired) electrons. The summed E-state index contributed by atoms with van der Waals surface area (Å²) >= 11 is 15.5. The highest BCUT2D eigenvalue weighted by molar-refractivity contribution is 9.10. The first-order chi connectivity index (χ1) is 9.93. The van der Waals surface area contributed by atoms with Gasteiger partial charge in [-0.2, -0.15) is 5.26 Å². The lowest BCUT2D eigenvalue weighted by Gasteiger charge is -2.19. The van der Waals surface area contributed by atoms with Gasteiger partial charge in [0.15, 0.2) is 0 Å². The number of halogens is 4. The highest BCUT2D eigenvalue weighted by atomic mass is 79.9. The minimum atomic E-state index is -0.511. The Labute approximate surface area is 140 Å². The summed E-state index contributed by atoms with van der Waals surface area (Å²) in [6.45, 7) is 1.83. The number of nitrogens with one attached hydrogen (secondary N) is 1. The van der Waals surface area contributed by atoms with Crippen molar-refractivity contribution in [2.24, 2.45) is 0 Å². The van der Waals surface area contributed by atoms with Crippen molar-refractivity contribution in [1.29, 1.82) is 5.26 Å². The lowest BCUT2D eigenvalue weighted by molar-refractivity contribution is 0.624. The molecule has 6 heteroatoms. The highest BCUT2D eigenvalue weighted by Gasteiger charge is 2.17. The van der Waals surface area contributed by atoms with Crippen LogP contribution in [0.15, 0.2) is 34.8 Å². The largest absolute Gasteiger partial charge is 0.377 e. The predicted octanol–water partition coefficient (Wildman–Crippen LogP) is 5.94. The van der Waals surface area contributed by atoms with Gasteiger partial charge in [0.1, 0.15) is 5.82 Å². The van der Waals surface area contributed by atoms with Crippen molar-refractivity contribution in [2.75, 3.05) is 5.32 Å². The van der Waals surface area contributed by atoms with E-state index in [1.165, 1.54) is 12.1 Å². The van der Waals surface area contributed by atoms with Gasteiger partial charge in [-0.3, -0.25) is 0 Å². The Bertz CT molecular complexity index is 728. The maximum Gasteiger partial charge on any atom is 0.142 e. The summed E-state index contributed by atoms with van der Waals surface area (Å²) in [4.78, 5) is 0. The average Bonchev–Trinajstić information content (AvgIpc) is 2.45. The smallest absolute Gasteiger partial charge is 0.142 e. The van der Waals surface area contributed by atoms with E-state index in [0.29, 0.717) is 16.1 Å². The van der Waals surface area contributed by atoms with E-state index in [1.807, 2.05) is 6.92 Å². The number of rotatable bonds is 3. The number of benzene rings is 2. The summed E-state index contributed by atoms with van der Waals surface area (Å²) in [7, 11) is 0. The van der Waals surface area contributed by atoms with E-state index in [2.05, 4.69) is 27.3 Å². The summed E-state index contributed by atoms with van der Waals surface area (Å²) in [5.74, 6) is -0.511. The Morgan fingerprint density at radius 2 is 2.00 bits per heavy atom. The molecule has 0 aliphatic heterocycles. The Hall–Kier alpha value is -1.28. The third kappa shape index (κ3) is 3.49. The average molecular weight is 388 g/mol. The summed E-state index contributed by atoms with van der Waals surface area (Å²) in [5.41, 5.74) is 1.80. The van der Waals surface area contributed by atoms with Crippen LogP contribution in [0.25, 0.3) is 0 Å². The second-order valence-electron chi connectivity index (χ2n) is 4.43. The van der Waals surface area contributed by atoms with Crippen molar-refractivity contribution in [1.82, 2.24) is 0 Å². The van der Waals surface area contributed by atoms with E-state index in [0.717, 1.165) is 10.2 Å². The second-order valence-corrected chi connectivity index (χ2v) is 6.07. The van der Waals surface area contributed by atoms with Gasteiger partial charge in [-0.25, -0.2) is 4.39 Å². The van der Waals surface area contributed by atoms with Gasteiger partial charge in [0.25, 0.3) is 0 Å². The molecule has 0 aliphatic carbocycles. The summed E-state index contributed by atoms with van der Waals surface area (Å²) in [6, 6.07) is 9.62. The van der Waals surface area contributed by atoms with Crippen molar-refractivity contribution >= 4 is 44.8 Å². The van der Waals surface area contributed by atoms with Crippen molar-refractivity contribution in [3.63, 3.8) is 0 Å². The van der Waals surface area contributed by atoms with E-state index < -0.39 is 5.82 Å². The molecule has 2 rings (SSSR count). The predicted molar refractivity (Wildman–Crippen MR) is 87.3 cm³/mol. The van der Waals surface area contributed by atoms with Gasteiger partial charge in [-0.1, -0.05) is 23.2 Å². The first-order valence-corrected chi connectivity index (χ1v) is 7.58. The molecule has 2 aromatic carbocycles. The normalized spacial score (nSPS) is 11.8. The molecule has 0 amide bonds. The third-order valence-electron chi connectivity index (χ3n) is 2.98. The van der Waals surface area contributed by atoms with Crippen molar-refractivity contribution in [3.05, 3.63) is 61.8 Å². The van der Waals surface area contributed by atoms with E-state index >= 15 is 0 Å². The molecule has 2 nitrogen and oxygen atoms in total. The van der Waals surface area contributed by atoms with Crippen LogP contribution >= 0.6 is 39.1 Å². The quantitative estimate of drug-likeness (QED) is 0.661. The Morgan fingerprint density at radius 3 is 2.62 bits per heavy atom. The summed E-state index contributed by atoms with van der Waals surface area (Å²) in [5, 5.41) is 12.4. The van der Waals surface area contributed by atoms with Gasteiger partial charge in [0.2, 0.25) is 0 Å². The van der Waals surface area contributed by atoms with Crippen molar-refractivity contribution in [3.8, 4) is 6.07 Å². The molecule has 0 fully saturated rings. The van der Waals surface area contributed by atoms with Crippen LogP contribution in [0.4, 0.5) is 10.1 Å². The Kier molecular flexibility index (Phi) is 5.10. The molecule has 0 spiro atoms. The lowest BCUT2D eigenvalue weighted by Crippen LogP contribution is -2.09. The summed E-state index contributed by atoms with van der Waals surface area (Å²) in [6.07, 6.45) is 0. The molecule has 1 unspecified atom stereocenters. The molecule has 0 bridgehead atoms. The van der Waals surface area contributed by atoms with Crippen LogP contribution in [0.5, 0.6) is 0 Å². The van der Waals surface area contributed by atoms with Gasteiger partial charge in [-0.05, 0) is 53.2 Å². The standard InChI is InChI=1S/C15H10BrCl2FN2/c1-8(14-11(17)3-4-12(19)15(14)18)21-13-5-2-9(7-20)6-10(13)16/h2-6,8,21H,1H3. The molecule has 0 aromatic heterocycles. The monoisotopic (exact) mass is 386 g/mol.